The van der Waals surface area contributed by atoms with Gasteiger partial charge in [-0.2, -0.15) is 0 Å². The van der Waals surface area contributed by atoms with Crippen molar-refractivity contribution < 1.29 is 13.9 Å². The van der Waals surface area contributed by atoms with Crippen molar-refractivity contribution in [3.63, 3.8) is 0 Å². The third-order valence-corrected chi connectivity index (χ3v) is 2.73. The van der Waals surface area contributed by atoms with Gasteiger partial charge >= 0.3 is 5.97 Å². The third kappa shape index (κ3) is 2.09. The van der Waals surface area contributed by atoms with Gasteiger partial charge in [0.1, 0.15) is 10.7 Å². The van der Waals surface area contributed by atoms with Crippen LogP contribution in [0.4, 0.5) is 4.39 Å². The Bertz CT molecular complexity index is 524. The molecular weight excluding hydrogens is 229 g/mol. The first-order valence-corrected chi connectivity index (χ1v) is 5.43. The van der Waals surface area contributed by atoms with Crippen LogP contribution in [0.5, 0.6) is 5.88 Å². The molecule has 0 unspecified atom stereocenters. The third-order valence-electron chi connectivity index (χ3n) is 1.89. The molecule has 0 aliphatic heterocycles. The first-order chi connectivity index (χ1) is 7.68. The zero-order chi connectivity index (χ0) is 11.5. The molecule has 0 saturated heterocycles. The Morgan fingerprint density at radius 1 is 1.44 bits per heavy atom. The summed E-state index contributed by atoms with van der Waals surface area (Å²) in [6.45, 7) is 1.28. The highest BCUT2D eigenvalue weighted by atomic mass is 32.1. The normalized spacial score (nSPS) is 10.1. The van der Waals surface area contributed by atoms with Gasteiger partial charge in [-0.05, 0) is 6.07 Å². The first-order valence-electron chi connectivity index (χ1n) is 4.55. The van der Waals surface area contributed by atoms with Gasteiger partial charge in [-0.1, -0.05) is 18.2 Å². The number of thiazole rings is 1. The molecule has 16 heavy (non-hydrogen) atoms. The van der Waals surface area contributed by atoms with E-state index in [2.05, 4.69) is 4.98 Å². The van der Waals surface area contributed by atoms with E-state index in [-0.39, 0.29) is 11.7 Å². The fraction of sp³-hybridized carbons (Fsp3) is 0.0909. The lowest BCUT2D eigenvalue weighted by atomic mass is 10.2. The summed E-state index contributed by atoms with van der Waals surface area (Å²) in [5, 5.41) is 0. The fourth-order valence-corrected chi connectivity index (χ4v) is 2.01. The minimum absolute atomic E-state index is 0.155. The summed E-state index contributed by atoms with van der Waals surface area (Å²) < 4.78 is 18.4. The molecule has 0 aliphatic rings. The molecule has 82 valence electrons. The van der Waals surface area contributed by atoms with Crippen molar-refractivity contribution in [1.82, 2.24) is 4.98 Å². The summed E-state index contributed by atoms with van der Waals surface area (Å²) in [4.78, 5) is 15.2. The first kappa shape index (κ1) is 10.8. The van der Waals surface area contributed by atoms with Crippen LogP contribution in [0.25, 0.3) is 10.4 Å². The number of carbonyl (C=O) groups excluding carboxylic acids is 1. The molecule has 1 heterocycles. The van der Waals surface area contributed by atoms with E-state index in [1.807, 2.05) is 0 Å². The molecule has 0 radical (unpaired) electrons. The summed E-state index contributed by atoms with van der Waals surface area (Å²) in [6.07, 6.45) is 0. The lowest BCUT2D eigenvalue weighted by molar-refractivity contribution is -0.132. The van der Waals surface area contributed by atoms with E-state index in [1.165, 1.54) is 29.8 Å². The van der Waals surface area contributed by atoms with Gasteiger partial charge in [0.25, 0.3) is 0 Å². The molecular formula is C11H8FNO2S. The molecule has 0 fully saturated rings. The van der Waals surface area contributed by atoms with E-state index in [1.54, 1.807) is 18.2 Å². The Kier molecular flexibility index (Phi) is 2.96. The molecule has 2 rings (SSSR count). The number of aromatic nitrogens is 1. The Morgan fingerprint density at radius 3 is 2.88 bits per heavy atom. The summed E-state index contributed by atoms with van der Waals surface area (Å²) in [7, 11) is 0. The van der Waals surface area contributed by atoms with Gasteiger partial charge in [-0.25, -0.2) is 9.37 Å². The predicted molar refractivity (Wildman–Crippen MR) is 58.8 cm³/mol. The number of hydrogen-bond donors (Lipinski definition) is 0. The molecule has 0 spiro atoms. The van der Waals surface area contributed by atoms with E-state index in [0.717, 1.165) is 0 Å². The monoisotopic (exact) mass is 237 g/mol. The average Bonchev–Trinajstić information content (AvgIpc) is 2.66. The van der Waals surface area contributed by atoms with Crippen LogP contribution in [0.3, 0.4) is 0 Å². The number of nitrogens with zero attached hydrogens (tertiary/aromatic N) is 1. The van der Waals surface area contributed by atoms with Crippen LogP contribution in [-0.2, 0) is 4.79 Å². The smallest absolute Gasteiger partial charge is 0.309 e. The molecule has 0 amide bonds. The lowest BCUT2D eigenvalue weighted by Crippen LogP contribution is -2.02. The highest BCUT2D eigenvalue weighted by Crippen LogP contribution is 2.34. The van der Waals surface area contributed by atoms with E-state index in [0.29, 0.717) is 10.4 Å². The van der Waals surface area contributed by atoms with E-state index < -0.39 is 5.97 Å². The van der Waals surface area contributed by atoms with Crippen molar-refractivity contribution in [2.45, 2.75) is 6.92 Å². The average molecular weight is 237 g/mol. The maximum Gasteiger partial charge on any atom is 0.309 e. The summed E-state index contributed by atoms with van der Waals surface area (Å²) in [5.41, 5.74) is 1.90. The molecule has 1 aromatic carbocycles. The zero-order valence-electron chi connectivity index (χ0n) is 8.44. The number of carbonyl (C=O) groups is 1. The molecule has 5 heteroatoms. The number of esters is 1. The second-order valence-corrected chi connectivity index (χ2v) is 3.91. The molecule has 2 aromatic rings. The Morgan fingerprint density at radius 2 is 2.19 bits per heavy atom. The largest absolute Gasteiger partial charge is 0.406 e. The summed E-state index contributed by atoms with van der Waals surface area (Å²) in [6, 6.07) is 6.30. The zero-order valence-corrected chi connectivity index (χ0v) is 9.25. The Balaban J connectivity index is 2.45. The standard InChI is InChI=1S/C11H8FNO2S/c1-7(14)15-11-10(16-6-13-11)8-4-2-3-5-9(8)12/h2-6H,1H3. The molecule has 1 aromatic heterocycles. The number of rotatable bonds is 2. The number of ether oxygens (including phenoxy) is 1. The van der Waals surface area contributed by atoms with Crippen LogP contribution in [0, 0.1) is 5.82 Å². The maximum atomic E-state index is 13.5. The van der Waals surface area contributed by atoms with Crippen molar-refractivity contribution in [2.75, 3.05) is 0 Å². The molecule has 0 saturated carbocycles. The van der Waals surface area contributed by atoms with Crippen LogP contribution < -0.4 is 4.74 Å². The van der Waals surface area contributed by atoms with Gasteiger partial charge in [0, 0.05) is 12.5 Å². The van der Waals surface area contributed by atoms with Crippen LogP contribution in [0.2, 0.25) is 0 Å². The highest BCUT2D eigenvalue weighted by molar-refractivity contribution is 7.13. The Labute approximate surface area is 95.5 Å². The highest BCUT2D eigenvalue weighted by Gasteiger charge is 2.14. The molecule has 0 bridgehead atoms. The maximum absolute atomic E-state index is 13.5. The van der Waals surface area contributed by atoms with Gasteiger partial charge in [0.2, 0.25) is 5.88 Å². The topological polar surface area (TPSA) is 39.2 Å². The molecule has 0 N–H and O–H groups in total. The van der Waals surface area contributed by atoms with Gasteiger partial charge in [-0.15, -0.1) is 11.3 Å². The van der Waals surface area contributed by atoms with Crippen molar-refractivity contribution >= 4 is 17.3 Å². The number of halogens is 1. The van der Waals surface area contributed by atoms with Gasteiger partial charge < -0.3 is 4.74 Å². The van der Waals surface area contributed by atoms with Gasteiger partial charge in [0.05, 0.1) is 5.51 Å². The quantitative estimate of drug-likeness (QED) is 0.754. The van der Waals surface area contributed by atoms with E-state index in [4.69, 9.17) is 4.74 Å². The molecule has 0 aliphatic carbocycles. The van der Waals surface area contributed by atoms with Crippen molar-refractivity contribution in [1.29, 1.82) is 0 Å². The van der Waals surface area contributed by atoms with Gasteiger partial charge in [-0.3, -0.25) is 4.79 Å². The minimum atomic E-state index is -0.469. The SMILES string of the molecule is CC(=O)Oc1ncsc1-c1ccccc1F. The predicted octanol–water partition coefficient (Wildman–Crippen LogP) is 2.87. The Hall–Kier alpha value is -1.75. The second-order valence-electron chi connectivity index (χ2n) is 3.06. The fourth-order valence-electron chi connectivity index (χ4n) is 1.27. The van der Waals surface area contributed by atoms with E-state index in [9.17, 15) is 9.18 Å². The number of benzene rings is 1. The van der Waals surface area contributed by atoms with Crippen LogP contribution >= 0.6 is 11.3 Å². The lowest BCUT2D eigenvalue weighted by Gasteiger charge is -2.02. The number of hydrogen-bond acceptors (Lipinski definition) is 4. The van der Waals surface area contributed by atoms with Crippen molar-refractivity contribution in [3.05, 3.63) is 35.6 Å². The van der Waals surface area contributed by atoms with Crippen molar-refractivity contribution in [3.8, 4) is 16.3 Å². The molecule has 3 nitrogen and oxygen atoms in total. The van der Waals surface area contributed by atoms with Crippen LogP contribution in [0.15, 0.2) is 29.8 Å². The summed E-state index contributed by atoms with van der Waals surface area (Å²) in [5.74, 6) is -0.675. The van der Waals surface area contributed by atoms with E-state index >= 15 is 0 Å². The van der Waals surface area contributed by atoms with Crippen molar-refractivity contribution in [2.24, 2.45) is 0 Å². The van der Waals surface area contributed by atoms with Crippen LogP contribution in [0.1, 0.15) is 6.92 Å². The minimum Gasteiger partial charge on any atom is -0.406 e. The second kappa shape index (κ2) is 4.40. The molecule has 0 atom stereocenters. The van der Waals surface area contributed by atoms with Crippen LogP contribution in [-0.4, -0.2) is 11.0 Å². The summed E-state index contributed by atoms with van der Waals surface area (Å²) >= 11 is 1.23. The van der Waals surface area contributed by atoms with Gasteiger partial charge in [0.15, 0.2) is 0 Å².